The number of furan rings is 1. The molecule has 0 aliphatic heterocycles. The molecule has 0 radical (unpaired) electrons. The average Bonchev–Trinajstić information content (AvgIpc) is 3.10. The summed E-state index contributed by atoms with van der Waals surface area (Å²) in [5.41, 5.74) is 1.37. The third-order valence-electron chi connectivity index (χ3n) is 3.52. The van der Waals surface area contributed by atoms with Gasteiger partial charge in [-0.1, -0.05) is 45.7 Å². The first kappa shape index (κ1) is 18.0. The van der Waals surface area contributed by atoms with E-state index in [2.05, 4.69) is 21.2 Å². The fourth-order valence-electron chi connectivity index (χ4n) is 2.26. The number of nitriles is 1. The molecule has 1 aromatic heterocycles. The second kappa shape index (κ2) is 8.05. The van der Waals surface area contributed by atoms with E-state index < -0.39 is 5.91 Å². The summed E-state index contributed by atoms with van der Waals surface area (Å²) in [4.78, 5) is 12.3. The van der Waals surface area contributed by atoms with E-state index in [-0.39, 0.29) is 5.57 Å². The van der Waals surface area contributed by atoms with Gasteiger partial charge < -0.3 is 9.73 Å². The van der Waals surface area contributed by atoms with Gasteiger partial charge in [-0.2, -0.15) is 5.26 Å². The minimum absolute atomic E-state index is 0.0621. The number of carbonyl (C=O) groups is 1. The van der Waals surface area contributed by atoms with E-state index in [9.17, 15) is 10.1 Å². The summed E-state index contributed by atoms with van der Waals surface area (Å²) >= 11 is 9.29. The van der Waals surface area contributed by atoms with Crippen LogP contribution in [0.25, 0.3) is 17.4 Å². The Bertz CT molecular complexity index is 1020. The molecule has 0 spiro atoms. The second-order valence-electron chi connectivity index (χ2n) is 5.31. The summed E-state index contributed by atoms with van der Waals surface area (Å²) in [6.07, 6.45) is 1.41. The molecule has 3 aromatic rings. The highest BCUT2D eigenvalue weighted by Crippen LogP contribution is 2.30. The molecule has 0 saturated carbocycles. The topological polar surface area (TPSA) is 66.0 Å². The van der Waals surface area contributed by atoms with Crippen molar-refractivity contribution in [2.75, 3.05) is 5.32 Å². The van der Waals surface area contributed by atoms with Gasteiger partial charge >= 0.3 is 0 Å². The van der Waals surface area contributed by atoms with Gasteiger partial charge in [0.15, 0.2) is 0 Å². The molecule has 128 valence electrons. The fourth-order valence-corrected chi connectivity index (χ4v) is 2.86. The summed E-state index contributed by atoms with van der Waals surface area (Å²) in [5.74, 6) is 0.534. The van der Waals surface area contributed by atoms with Crippen molar-refractivity contribution in [2.24, 2.45) is 0 Å². The Morgan fingerprint density at radius 2 is 1.85 bits per heavy atom. The van der Waals surface area contributed by atoms with Gasteiger partial charge in [0.05, 0.1) is 0 Å². The van der Waals surface area contributed by atoms with Crippen molar-refractivity contribution in [3.05, 3.63) is 81.5 Å². The van der Waals surface area contributed by atoms with Gasteiger partial charge in [-0.25, -0.2) is 0 Å². The largest absolute Gasteiger partial charge is 0.457 e. The van der Waals surface area contributed by atoms with Crippen LogP contribution in [-0.4, -0.2) is 5.91 Å². The van der Waals surface area contributed by atoms with Crippen LogP contribution in [0.1, 0.15) is 5.76 Å². The summed E-state index contributed by atoms with van der Waals surface area (Å²) in [6.45, 7) is 0. The zero-order chi connectivity index (χ0) is 18.5. The molecule has 1 heterocycles. The summed E-state index contributed by atoms with van der Waals surface area (Å²) in [7, 11) is 0. The minimum atomic E-state index is -0.520. The number of amides is 1. The Hall–Kier alpha value is -2.81. The van der Waals surface area contributed by atoms with Crippen LogP contribution in [0, 0.1) is 11.3 Å². The van der Waals surface area contributed by atoms with E-state index in [1.807, 2.05) is 30.3 Å². The number of halogens is 2. The molecule has 3 rings (SSSR count). The number of benzene rings is 2. The number of rotatable bonds is 4. The predicted octanol–water partition coefficient (Wildman–Crippen LogP) is 5.91. The number of nitrogens with zero attached hydrogens (tertiary/aromatic N) is 1. The Balaban J connectivity index is 1.81. The van der Waals surface area contributed by atoms with Crippen LogP contribution >= 0.6 is 27.5 Å². The first-order valence-corrected chi connectivity index (χ1v) is 8.77. The number of carbonyl (C=O) groups excluding carboxylic acids is 1. The van der Waals surface area contributed by atoms with Crippen molar-refractivity contribution in [2.45, 2.75) is 0 Å². The quantitative estimate of drug-likeness (QED) is 0.416. The van der Waals surface area contributed by atoms with Crippen LogP contribution in [-0.2, 0) is 4.79 Å². The van der Waals surface area contributed by atoms with Crippen molar-refractivity contribution in [1.82, 2.24) is 0 Å². The van der Waals surface area contributed by atoms with E-state index in [1.54, 1.807) is 36.4 Å². The Labute approximate surface area is 163 Å². The van der Waals surface area contributed by atoms with Gasteiger partial charge in [-0.3, -0.25) is 4.79 Å². The van der Waals surface area contributed by atoms with Crippen LogP contribution in [0.5, 0.6) is 0 Å². The van der Waals surface area contributed by atoms with Crippen molar-refractivity contribution < 1.29 is 9.21 Å². The molecule has 0 bridgehead atoms. The third kappa shape index (κ3) is 4.23. The molecule has 2 aromatic carbocycles. The lowest BCUT2D eigenvalue weighted by Gasteiger charge is -2.03. The monoisotopic (exact) mass is 426 g/mol. The van der Waals surface area contributed by atoms with Crippen molar-refractivity contribution >= 4 is 45.2 Å². The SMILES string of the molecule is N#C/C(=C\c1ccc(-c2ccccc2Br)o1)C(=O)Nc1ccc(Cl)cc1. The predicted molar refractivity (Wildman–Crippen MR) is 106 cm³/mol. The molecule has 0 aliphatic carbocycles. The number of nitrogens with one attached hydrogen (secondary N) is 1. The average molecular weight is 428 g/mol. The number of hydrogen-bond donors (Lipinski definition) is 1. The van der Waals surface area contributed by atoms with Crippen LogP contribution in [0.4, 0.5) is 5.69 Å². The molecule has 0 saturated heterocycles. The fraction of sp³-hybridized carbons (Fsp3) is 0. The first-order chi connectivity index (χ1) is 12.6. The lowest BCUT2D eigenvalue weighted by Crippen LogP contribution is -2.13. The summed E-state index contributed by atoms with van der Waals surface area (Å²) in [5, 5.41) is 12.5. The van der Waals surface area contributed by atoms with E-state index in [0.717, 1.165) is 10.0 Å². The molecule has 0 atom stereocenters. The molecular formula is C20H12BrClN2O2. The lowest BCUT2D eigenvalue weighted by atomic mass is 10.2. The molecule has 1 N–H and O–H groups in total. The molecule has 4 nitrogen and oxygen atoms in total. The Morgan fingerprint density at radius 1 is 1.12 bits per heavy atom. The van der Waals surface area contributed by atoms with Gasteiger partial charge in [0.1, 0.15) is 23.2 Å². The van der Waals surface area contributed by atoms with E-state index in [1.165, 1.54) is 6.08 Å². The number of hydrogen-bond acceptors (Lipinski definition) is 3. The van der Waals surface area contributed by atoms with E-state index in [0.29, 0.717) is 22.2 Å². The van der Waals surface area contributed by atoms with Crippen molar-refractivity contribution in [3.63, 3.8) is 0 Å². The molecule has 6 heteroatoms. The van der Waals surface area contributed by atoms with E-state index in [4.69, 9.17) is 16.0 Å². The lowest BCUT2D eigenvalue weighted by molar-refractivity contribution is -0.112. The highest BCUT2D eigenvalue weighted by atomic mass is 79.9. The zero-order valence-corrected chi connectivity index (χ0v) is 15.7. The first-order valence-electron chi connectivity index (χ1n) is 7.60. The maximum Gasteiger partial charge on any atom is 0.266 e. The molecule has 26 heavy (non-hydrogen) atoms. The maximum absolute atomic E-state index is 12.3. The van der Waals surface area contributed by atoms with Crippen LogP contribution < -0.4 is 5.32 Å². The van der Waals surface area contributed by atoms with Crippen LogP contribution in [0.3, 0.4) is 0 Å². The van der Waals surface area contributed by atoms with Gasteiger partial charge in [0.25, 0.3) is 5.91 Å². The van der Waals surface area contributed by atoms with Gasteiger partial charge in [-0.05, 0) is 42.5 Å². The van der Waals surface area contributed by atoms with Gasteiger partial charge in [-0.15, -0.1) is 0 Å². The molecule has 0 unspecified atom stereocenters. The highest BCUT2D eigenvalue weighted by molar-refractivity contribution is 9.10. The normalized spacial score (nSPS) is 11.0. The van der Waals surface area contributed by atoms with Crippen LogP contribution in [0.2, 0.25) is 5.02 Å². The molecule has 0 fully saturated rings. The summed E-state index contributed by atoms with van der Waals surface area (Å²) in [6, 6.07) is 19.7. The Morgan fingerprint density at radius 3 is 2.54 bits per heavy atom. The summed E-state index contributed by atoms with van der Waals surface area (Å²) < 4.78 is 6.64. The van der Waals surface area contributed by atoms with Crippen molar-refractivity contribution in [1.29, 1.82) is 5.26 Å². The van der Waals surface area contributed by atoms with Crippen LogP contribution in [0.15, 0.2) is 75.1 Å². The maximum atomic E-state index is 12.3. The molecule has 1 amide bonds. The standard InChI is InChI=1S/C20H12BrClN2O2/c21-18-4-2-1-3-17(18)19-10-9-16(26-19)11-13(12-23)20(25)24-15-7-5-14(22)6-8-15/h1-11H,(H,24,25)/b13-11+. The minimum Gasteiger partial charge on any atom is -0.457 e. The number of anilines is 1. The van der Waals surface area contributed by atoms with Gasteiger partial charge in [0, 0.05) is 26.8 Å². The molecular weight excluding hydrogens is 416 g/mol. The highest BCUT2D eigenvalue weighted by Gasteiger charge is 2.12. The zero-order valence-electron chi connectivity index (χ0n) is 13.4. The third-order valence-corrected chi connectivity index (χ3v) is 4.46. The van der Waals surface area contributed by atoms with Crippen molar-refractivity contribution in [3.8, 4) is 17.4 Å². The second-order valence-corrected chi connectivity index (χ2v) is 6.60. The Kier molecular flexibility index (Phi) is 5.57. The smallest absolute Gasteiger partial charge is 0.266 e. The molecule has 0 aliphatic rings. The van der Waals surface area contributed by atoms with E-state index >= 15 is 0 Å². The van der Waals surface area contributed by atoms with Gasteiger partial charge in [0.2, 0.25) is 0 Å².